The van der Waals surface area contributed by atoms with Crippen molar-refractivity contribution in [3.05, 3.63) is 47.2 Å². The minimum Gasteiger partial charge on any atom is -0.464 e. The van der Waals surface area contributed by atoms with Crippen LogP contribution in [-0.4, -0.2) is 47.6 Å². The number of allylic oxidation sites excluding steroid dienone is 1. The van der Waals surface area contributed by atoms with Crippen LogP contribution in [0.5, 0.6) is 0 Å². The molecule has 6 nitrogen and oxygen atoms in total. The Morgan fingerprint density at radius 2 is 1.81 bits per heavy atom. The van der Waals surface area contributed by atoms with E-state index >= 15 is 0 Å². The van der Waals surface area contributed by atoms with Gasteiger partial charge in [-0.25, -0.2) is 9.59 Å². The summed E-state index contributed by atoms with van der Waals surface area (Å²) in [5.74, 6) is -1.79. The molecule has 2 rings (SSSR count). The number of rotatable bonds is 6. The highest BCUT2D eigenvalue weighted by molar-refractivity contribution is 7.99. The highest BCUT2D eigenvalue weighted by Crippen LogP contribution is 2.41. The smallest absolute Gasteiger partial charge is 0.354 e. The van der Waals surface area contributed by atoms with Crippen molar-refractivity contribution in [2.75, 3.05) is 13.4 Å². The summed E-state index contributed by atoms with van der Waals surface area (Å²) in [5, 5.41) is -0.301. The van der Waals surface area contributed by atoms with Crippen LogP contribution in [0.4, 0.5) is 0 Å². The molecule has 1 aromatic carbocycles. The molecule has 3 atom stereocenters. The van der Waals surface area contributed by atoms with Crippen LogP contribution in [0.2, 0.25) is 0 Å². The lowest BCUT2D eigenvalue weighted by atomic mass is 9.91. The van der Waals surface area contributed by atoms with Gasteiger partial charge in [0.1, 0.15) is 17.7 Å². The first-order chi connectivity index (χ1) is 12.3. The molecule has 0 aliphatic carbocycles. The van der Waals surface area contributed by atoms with Crippen molar-refractivity contribution < 1.29 is 23.9 Å². The standard InChI is InChI=1S/C19H23NO5S/c1-11(2)15(19(23)24-4)20-16(21)14(17(20)26-5)12(3)25-18(22)13-9-7-6-8-10-13/h6-10,12,14,17H,1-5H3/t12-,14+,17-/m1/s1. The zero-order chi connectivity index (χ0) is 19.4. The van der Waals surface area contributed by atoms with Crippen molar-refractivity contribution in [2.24, 2.45) is 5.92 Å². The second-order valence-corrected chi connectivity index (χ2v) is 7.13. The summed E-state index contributed by atoms with van der Waals surface area (Å²) in [6.45, 7) is 5.20. The van der Waals surface area contributed by atoms with Gasteiger partial charge in [-0.2, -0.15) is 0 Å². The number of ether oxygens (including phenoxy) is 2. The minimum atomic E-state index is -0.611. The van der Waals surface area contributed by atoms with E-state index in [1.54, 1.807) is 45.0 Å². The first kappa shape index (κ1) is 20.0. The molecule has 1 heterocycles. The van der Waals surface area contributed by atoms with Crippen LogP contribution in [0.15, 0.2) is 41.6 Å². The highest BCUT2D eigenvalue weighted by Gasteiger charge is 2.54. The van der Waals surface area contributed by atoms with Gasteiger partial charge in [0, 0.05) is 0 Å². The fraction of sp³-hybridized carbons (Fsp3) is 0.421. The number of carbonyl (C=O) groups excluding carboxylic acids is 3. The highest BCUT2D eigenvalue weighted by atomic mass is 32.2. The SMILES string of the molecule is COC(=O)C(=C(C)C)N1C(=O)[C@H]([C@@H](C)OC(=O)c2ccccc2)[C@H]1SC. The van der Waals surface area contributed by atoms with E-state index in [-0.39, 0.29) is 17.0 Å². The summed E-state index contributed by atoms with van der Waals surface area (Å²) in [7, 11) is 1.28. The molecular weight excluding hydrogens is 354 g/mol. The maximum Gasteiger partial charge on any atom is 0.354 e. The first-order valence-electron chi connectivity index (χ1n) is 8.21. The molecule has 1 fully saturated rings. The van der Waals surface area contributed by atoms with E-state index in [1.807, 2.05) is 12.3 Å². The van der Waals surface area contributed by atoms with Crippen molar-refractivity contribution in [3.63, 3.8) is 0 Å². The predicted molar refractivity (Wildman–Crippen MR) is 99.3 cm³/mol. The summed E-state index contributed by atoms with van der Waals surface area (Å²) in [5.41, 5.74) is 1.37. The van der Waals surface area contributed by atoms with Crippen LogP contribution >= 0.6 is 11.8 Å². The van der Waals surface area contributed by atoms with Gasteiger partial charge in [0.05, 0.1) is 18.0 Å². The van der Waals surface area contributed by atoms with Gasteiger partial charge in [0.2, 0.25) is 5.91 Å². The fourth-order valence-corrected chi connectivity index (χ4v) is 3.98. The molecule has 0 spiro atoms. The van der Waals surface area contributed by atoms with Crippen LogP contribution < -0.4 is 0 Å². The average Bonchev–Trinajstić information content (AvgIpc) is 2.63. The molecule has 0 unspecified atom stereocenters. The topological polar surface area (TPSA) is 72.9 Å². The molecule has 1 aliphatic heterocycles. The number of benzene rings is 1. The summed E-state index contributed by atoms with van der Waals surface area (Å²) >= 11 is 1.43. The van der Waals surface area contributed by atoms with E-state index < -0.39 is 24.0 Å². The number of methoxy groups -OCH3 is 1. The van der Waals surface area contributed by atoms with E-state index in [0.29, 0.717) is 11.1 Å². The van der Waals surface area contributed by atoms with Gasteiger partial charge in [-0.3, -0.25) is 9.69 Å². The van der Waals surface area contributed by atoms with Crippen molar-refractivity contribution in [2.45, 2.75) is 32.2 Å². The molecule has 0 N–H and O–H groups in total. The second-order valence-electron chi connectivity index (χ2n) is 6.18. The monoisotopic (exact) mass is 377 g/mol. The van der Waals surface area contributed by atoms with Gasteiger partial charge in [-0.15, -0.1) is 11.8 Å². The molecular formula is C19H23NO5S. The number of likely N-dealkylation sites (tertiary alicyclic amines) is 1. The van der Waals surface area contributed by atoms with Gasteiger partial charge in [-0.05, 0) is 44.7 Å². The van der Waals surface area contributed by atoms with E-state index in [4.69, 9.17) is 9.47 Å². The molecule has 0 radical (unpaired) electrons. The van der Waals surface area contributed by atoms with E-state index in [2.05, 4.69) is 0 Å². The van der Waals surface area contributed by atoms with E-state index in [9.17, 15) is 14.4 Å². The third kappa shape index (κ3) is 3.77. The number of esters is 2. The molecule has 0 saturated carbocycles. The Hall–Kier alpha value is -2.28. The van der Waals surface area contributed by atoms with E-state index in [0.717, 1.165) is 0 Å². The van der Waals surface area contributed by atoms with Crippen LogP contribution in [0, 0.1) is 5.92 Å². The predicted octanol–water partition coefficient (Wildman–Crippen LogP) is 2.85. The minimum absolute atomic E-state index is 0.245. The fourth-order valence-electron chi connectivity index (χ4n) is 2.93. The zero-order valence-corrected chi connectivity index (χ0v) is 16.3. The number of carbonyl (C=O) groups is 3. The van der Waals surface area contributed by atoms with Gasteiger partial charge in [0.25, 0.3) is 0 Å². The van der Waals surface area contributed by atoms with Gasteiger partial charge < -0.3 is 9.47 Å². The Bertz CT molecular complexity index is 727. The summed E-state index contributed by atoms with van der Waals surface area (Å²) in [4.78, 5) is 38.5. The molecule has 140 valence electrons. The number of β-lactam (4-membered cyclic amide) rings is 1. The Morgan fingerprint density at radius 3 is 2.31 bits per heavy atom. The molecule has 1 aliphatic rings. The van der Waals surface area contributed by atoms with Gasteiger partial charge in [-0.1, -0.05) is 18.2 Å². The normalized spacial score (nSPS) is 20.0. The molecule has 1 amide bonds. The number of nitrogens with zero attached hydrogens (tertiary/aromatic N) is 1. The van der Waals surface area contributed by atoms with Gasteiger partial charge in [0.15, 0.2) is 0 Å². The zero-order valence-electron chi connectivity index (χ0n) is 15.5. The number of hydrogen-bond donors (Lipinski definition) is 0. The Morgan fingerprint density at radius 1 is 1.19 bits per heavy atom. The molecule has 7 heteroatoms. The second kappa shape index (κ2) is 8.40. The largest absolute Gasteiger partial charge is 0.464 e. The van der Waals surface area contributed by atoms with Crippen LogP contribution in [0.3, 0.4) is 0 Å². The maximum atomic E-state index is 12.7. The number of amides is 1. The quantitative estimate of drug-likeness (QED) is 0.431. The van der Waals surface area contributed by atoms with Crippen molar-refractivity contribution in [1.82, 2.24) is 4.90 Å². The van der Waals surface area contributed by atoms with Crippen molar-refractivity contribution in [3.8, 4) is 0 Å². The summed E-state index contributed by atoms with van der Waals surface area (Å²) in [6.07, 6.45) is 1.24. The van der Waals surface area contributed by atoms with Crippen molar-refractivity contribution in [1.29, 1.82) is 0 Å². The van der Waals surface area contributed by atoms with Crippen molar-refractivity contribution >= 4 is 29.6 Å². The molecule has 26 heavy (non-hydrogen) atoms. The molecule has 1 aromatic rings. The lowest BCUT2D eigenvalue weighted by Gasteiger charge is -2.48. The summed E-state index contributed by atoms with van der Waals surface area (Å²) < 4.78 is 10.3. The lowest BCUT2D eigenvalue weighted by molar-refractivity contribution is -0.158. The van der Waals surface area contributed by atoms with Crippen LogP contribution in [0.1, 0.15) is 31.1 Å². The Labute approximate surface area is 157 Å². The summed E-state index contributed by atoms with van der Waals surface area (Å²) in [6, 6.07) is 8.63. The Balaban J connectivity index is 2.16. The Kier molecular flexibility index (Phi) is 6.47. The molecule has 0 bridgehead atoms. The van der Waals surface area contributed by atoms with E-state index in [1.165, 1.54) is 23.8 Å². The third-order valence-corrected chi connectivity index (χ3v) is 5.21. The first-order valence-corrected chi connectivity index (χ1v) is 9.50. The number of thioether (sulfide) groups is 1. The average molecular weight is 377 g/mol. The number of hydrogen-bond acceptors (Lipinski definition) is 6. The van der Waals surface area contributed by atoms with Crippen LogP contribution in [-0.2, 0) is 19.1 Å². The molecule has 1 saturated heterocycles. The third-order valence-electron chi connectivity index (χ3n) is 4.23. The maximum absolute atomic E-state index is 12.7. The lowest BCUT2D eigenvalue weighted by Crippen LogP contribution is -2.63. The van der Waals surface area contributed by atoms with Crippen LogP contribution in [0.25, 0.3) is 0 Å². The van der Waals surface area contributed by atoms with Gasteiger partial charge >= 0.3 is 11.9 Å². The molecule has 0 aromatic heterocycles.